The van der Waals surface area contributed by atoms with Crippen molar-refractivity contribution in [2.24, 2.45) is 11.8 Å². The summed E-state index contributed by atoms with van der Waals surface area (Å²) >= 11 is 0. The van der Waals surface area contributed by atoms with Crippen LogP contribution >= 0.6 is 0 Å². The van der Waals surface area contributed by atoms with Crippen LogP contribution in [0.4, 0.5) is 5.69 Å². The molecule has 1 saturated heterocycles. The molecule has 1 aliphatic heterocycles. The maximum atomic E-state index is 11.7. The number of nitrogens with one attached hydrogen (secondary N) is 3. The van der Waals surface area contributed by atoms with Gasteiger partial charge in [-0.25, -0.2) is 0 Å². The number of hydrogen-bond acceptors (Lipinski definition) is 3. The molecule has 5 nitrogen and oxygen atoms in total. The van der Waals surface area contributed by atoms with E-state index in [0.717, 1.165) is 37.2 Å². The highest BCUT2D eigenvalue weighted by molar-refractivity contribution is 5.94. The summed E-state index contributed by atoms with van der Waals surface area (Å²) in [7, 11) is 0. The second kappa shape index (κ2) is 6.26. The first-order valence-electron chi connectivity index (χ1n) is 7.58. The number of rotatable bonds is 6. The van der Waals surface area contributed by atoms with Crippen LogP contribution in [0.1, 0.15) is 24.8 Å². The predicted octanol–water partition coefficient (Wildman–Crippen LogP) is 1.26. The van der Waals surface area contributed by atoms with Crippen LogP contribution in [0.2, 0.25) is 0 Å². The fourth-order valence-corrected chi connectivity index (χ4v) is 2.32. The normalized spacial score (nSPS) is 17.9. The zero-order valence-corrected chi connectivity index (χ0v) is 12.0. The molecule has 0 atom stereocenters. The molecule has 0 bridgehead atoms. The van der Waals surface area contributed by atoms with Crippen molar-refractivity contribution in [1.82, 2.24) is 10.6 Å². The molecule has 0 radical (unpaired) electrons. The van der Waals surface area contributed by atoms with Crippen LogP contribution in [0.5, 0.6) is 0 Å². The summed E-state index contributed by atoms with van der Waals surface area (Å²) in [6, 6.07) is 7.65. The Morgan fingerprint density at radius 3 is 2.43 bits per heavy atom. The second-order valence-electron chi connectivity index (χ2n) is 5.97. The monoisotopic (exact) mass is 287 g/mol. The fourth-order valence-electron chi connectivity index (χ4n) is 2.32. The van der Waals surface area contributed by atoms with E-state index in [1.165, 1.54) is 0 Å². The van der Waals surface area contributed by atoms with Gasteiger partial charge in [0.15, 0.2) is 0 Å². The summed E-state index contributed by atoms with van der Waals surface area (Å²) in [5.41, 5.74) is 1.86. The lowest BCUT2D eigenvalue weighted by Gasteiger charge is -2.26. The van der Waals surface area contributed by atoms with Crippen molar-refractivity contribution in [1.29, 1.82) is 0 Å². The van der Waals surface area contributed by atoms with Gasteiger partial charge in [0.25, 0.3) is 0 Å². The van der Waals surface area contributed by atoms with Crippen molar-refractivity contribution in [3.8, 4) is 0 Å². The molecular weight excluding hydrogens is 266 g/mol. The molecular formula is C16H21N3O2. The summed E-state index contributed by atoms with van der Waals surface area (Å²) in [6.07, 6.45) is 2.61. The highest BCUT2D eigenvalue weighted by atomic mass is 16.2. The maximum absolute atomic E-state index is 11.7. The van der Waals surface area contributed by atoms with E-state index in [9.17, 15) is 9.59 Å². The number of benzene rings is 1. The van der Waals surface area contributed by atoms with Crippen LogP contribution in [0, 0.1) is 11.8 Å². The Labute approximate surface area is 124 Å². The molecule has 2 amide bonds. The van der Waals surface area contributed by atoms with Gasteiger partial charge in [-0.1, -0.05) is 12.1 Å². The fraction of sp³-hybridized carbons (Fsp3) is 0.500. The van der Waals surface area contributed by atoms with Crippen molar-refractivity contribution >= 4 is 17.5 Å². The zero-order valence-electron chi connectivity index (χ0n) is 12.0. The molecule has 3 rings (SSSR count). The summed E-state index contributed by atoms with van der Waals surface area (Å²) in [5, 5.41) is 9.00. The Hall–Kier alpha value is -1.88. The van der Waals surface area contributed by atoms with Gasteiger partial charge in [0.2, 0.25) is 11.8 Å². The summed E-state index contributed by atoms with van der Waals surface area (Å²) in [4.78, 5) is 23.4. The van der Waals surface area contributed by atoms with Crippen molar-refractivity contribution in [2.45, 2.75) is 25.8 Å². The molecule has 1 aliphatic carbocycles. The van der Waals surface area contributed by atoms with Gasteiger partial charge in [-0.15, -0.1) is 0 Å². The first-order valence-corrected chi connectivity index (χ1v) is 7.58. The number of anilines is 1. The molecule has 0 aromatic heterocycles. The molecule has 0 spiro atoms. The number of amides is 2. The molecule has 1 aromatic rings. The Kier molecular flexibility index (Phi) is 4.20. The molecule has 1 aromatic carbocycles. The van der Waals surface area contributed by atoms with Crippen LogP contribution in [0.3, 0.4) is 0 Å². The van der Waals surface area contributed by atoms with Gasteiger partial charge >= 0.3 is 0 Å². The van der Waals surface area contributed by atoms with Gasteiger partial charge in [-0.2, -0.15) is 0 Å². The lowest BCUT2D eigenvalue weighted by molar-refractivity contribution is -0.122. The van der Waals surface area contributed by atoms with Gasteiger partial charge in [0.1, 0.15) is 0 Å². The topological polar surface area (TPSA) is 70.2 Å². The van der Waals surface area contributed by atoms with E-state index in [1.807, 2.05) is 24.3 Å². The highest BCUT2D eigenvalue weighted by Gasteiger charge is 2.29. The molecule has 5 heteroatoms. The third-order valence-corrected chi connectivity index (χ3v) is 4.00. The minimum atomic E-state index is 0.104. The van der Waals surface area contributed by atoms with Crippen molar-refractivity contribution in [3.05, 3.63) is 29.8 Å². The van der Waals surface area contributed by atoms with E-state index >= 15 is 0 Å². The molecule has 0 unspecified atom stereocenters. The SMILES string of the molecule is O=C(CC1CNC1)NCc1ccc(NC(=O)C2CC2)cc1. The van der Waals surface area contributed by atoms with Crippen LogP contribution in [0.25, 0.3) is 0 Å². The molecule has 1 saturated carbocycles. The maximum Gasteiger partial charge on any atom is 0.227 e. The zero-order chi connectivity index (χ0) is 14.7. The van der Waals surface area contributed by atoms with Crippen molar-refractivity contribution in [2.75, 3.05) is 18.4 Å². The van der Waals surface area contributed by atoms with Gasteiger partial charge in [-0.05, 0) is 49.5 Å². The van der Waals surface area contributed by atoms with E-state index in [1.54, 1.807) is 0 Å². The summed E-state index contributed by atoms with van der Waals surface area (Å²) < 4.78 is 0. The minimum absolute atomic E-state index is 0.104. The van der Waals surface area contributed by atoms with Crippen molar-refractivity contribution in [3.63, 3.8) is 0 Å². The third kappa shape index (κ3) is 4.04. The van der Waals surface area contributed by atoms with Gasteiger partial charge in [-0.3, -0.25) is 9.59 Å². The molecule has 112 valence electrons. The summed E-state index contributed by atoms with van der Waals surface area (Å²) in [6.45, 7) is 2.43. The highest BCUT2D eigenvalue weighted by Crippen LogP contribution is 2.30. The average molecular weight is 287 g/mol. The minimum Gasteiger partial charge on any atom is -0.352 e. The number of carbonyl (C=O) groups is 2. The first-order chi connectivity index (χ1) is 10.2. The van der Waals surface area contributed by atoms with Crippen LogP contribution in [0.15, 0.2) is 24.3 Å². The van der Waals surface area contributed by atoms with E-state index in [-0.39, 0.29) is 17.7 Å². The second-order valence-corrected chi connectivity index (χ2v) is 5.97. The third-order valence-electron chi connectivity index (χ3n) is 4.00. The van der Waals surface area contributed by atoms with Crippen LogP contribution < -0.4 is 16.0 Å². The van der Waals surface area contributed by atoms with Crippen LogP contribution in [-0.4, -0.2) is 24.9 Å². The Morgan fingerprint density at radius 2 is 1.86 bits per heavy atom. The lowest BCUT2D eigenvalue weighted by Crippen LogP contribution is -2.44. The van der Waals surface area contributed by atoms with Crippen LogP contribution in [-0.2, 0) is 16.1 Å². The smallest absolute Gasteiger partial charge is 0.227 e. The molecule has 1 heterocycles. The van der Waals surface area contributed by atoms with E-state index < -0.39 is 0 Å². The lowest BCUT2D eigenvalue weighted by atomic mass is 9.99. The van der Waals surface area contributed by atoms with Gasteiger partial charge < -0.3 is 16.0 Å². The Bertz CT molecular complexity index is 519. The molecule has 21 heavy (non-hydrogen) atoms. The Balaban J connectivity index is 1.42. The molecule has 2 fully saturated rings. The van der Waals surface area contributed by atoms with E-state index in [4.69, 9.17) is 0 Å². The number of carbonyl (C=O) groups excluding carboxylic acids is 2. The number of hydrogen-bond donors (Lipinski definition) is 3. The molecule has 2 aliphatic rings. The Morgan fingerprint density at radius 1 is 1.14 bits per heavy atom. The summed E-state index contributed by atoms with van der Waals surface area (Å²) in [5.74, 6) is 0.924. The standard InChI is InChI=1S/C16H21N3O2/c20-15(7-12-8-17-9-12)18-10-11-1-5-14(6-2-11)19-16(21)13-3-4-13/h1-2,5-6,12-13,17H,3-4,7-10H2,(H,18,20)(H,19,21). The van der Waals surface area contributed by atoms with E-state index in [0.29, 0.717) is 18.9 Å². The van der Waals surface area contributed by atoms with E-state index in [2.05, 4.69) is 16.0 Å². The van der Waals surface area contributed by atoms with Crippen molar-refractivity contribution < 1.29 is 9.59 Å². The predicted molar refractivity (Wildman–Crippen MR) is 80.6 cm³/mol. The quantitative estimate of drug-likeness (QED) is 0.738. The van der Waals surface area contributed by atoms with Gasteiger partial charge in [0, 0.05) is 24.6 Å². The first kappa shape index (κ1) is 14.1. The largest absolute Gasteiger partial charge is 0.352 e. The average Bonchev–Trinajstić information content (AvgIpc) is 3.27. The van der Waals surface area contributed by atoms with Gasteiger partial charge in [0.05, 0.1) is 0 Å². The molecule has 3 N–H and O–H groups in total.